The van der Waals surface area contributed by atoms with E-state index in [1.807, 2.05) is 42.5 Å². The maximum absolute atomic E-state index is 13.0. The van der Waals surface area contributed by atoms with Crippen LogP contribution in [0.4, 0.5) is 5.69 Å². The van der Waals surface area contributed by atoms with E-state index in [4.69, 9.17) is 13.9 Å². The van der Waals surface area contributed by atoms with Crippen LogP contribution in [0.15, 0.2) is 82.0 Å². The second-order valence-electron chi connectivity index (χ2n) is 7.69. The molecular weight excluding hydrogens is 398 g/mol. The van der Waals surface area contributed by atoms with Crippen LogP contribution in [-0.4, -0.2) is 4.92 Å². The number of hydrogen-bond acceptors (Lipinski definition) is 6. The first-order valence-corrected chi connectivity index (χ1v) is 9.83. The molecule has 0 spiro atoms. The van der Waals surface area contributed by atoms with Crippen molar-refractivity contribution in [3.8, 4) is 11.5 Å². The van der Waals surface area contributed by atoms with Gasteiger partial charge in [0.2, 0.25) is 0 Å². The first-order valence-electron chi connectivity index (χ1n) is 9.83. The quantitative estimate of drug-likeness (QED) is 0.265. The number of nitrogens with zero attached hydrogens (tertiary/aromatic N) is 1. The third kappa shape index (κ3) is 2.49. The Balaban J connectivity index is 1.69. The highest BCUT2D eigenvalue weighted by molar-refractivity contribution is 5.85. The van der Waals surface area contributed by atoms with Crippen molar-refractivity contribution in [3.05, 3.63) is 110 Å². The second kappa shape index (κ2) is 6.18. The number of rotatable bonds is 2. The van der Waals surface area contributed by atoms with E-state index in [1.165, 1.54) is 12.1 Å². The molecule has 2 aliphatic rings. The van der Waals surface area contributed by atoms with Crippen LogP contribution in [0, 0.1) is 10.1 Å². The highest BCUT2D eigenvalue weighted by atomic mass is 16.7. The van der Waals surface area contributed by atoms with Crippen molar-refractivity contribution < 1.29 is 18.8 Å². The molecule has 2 bridgehead atoms. The largest absolute Gasteiger partial charge is 0.448 e. The van der Waals surface area contributed by atoms with Gasteiger partial charge in [0.25, 0.3) is 11.5 Å². The summed E-state index contributed by atoms with van der Waals surface area (Å²) < 4.78 is 18.4. The fourth-order valence-electron chi connectivity index (χ4n) is 4.57. The minimum absolute atomic E-state index is 0.0622. The molecule has 7 heteroatoms. The molecule has 31 heavy (non-hydrogen) atoms. The molecule has 2 aliphatic heterocycles. The van der Waals surface area contributed by atoms with Crippen molar-refractivity contribution in [3.63, 3.8) is 0 Å². The van der Waals surface area contributed by atoms with Gasteiger partial charge in [-0.15, -0.1) is 0 Å². The molecule has 0 saturated heterocycles. The van der Waals surface area contributed by atoms with Crippen LogP contribution in [0.25, 0.3) is 11.0 Å². The lowest BCUT2D eigenvalue weighted by Gasteiger charge is -2.46. The lowest BCUT2D eigenvalue weighted by molar-refractivity contribution is -0.385. The lowest BCUT2D eigenvalue weighted by atomic mass is 9.78. The third-order valence-electron chi connectivity index (χ3n) is 5.96. The van der Waals surface area contributed by atoms with Crippen LogP contribution in [0.3, 0.4) is 0 Å². The molecule has 1 aromatic heterocycles. The highest BCUT2D eigenvalue weighted by Crippen LogP contribution is 2.55. The fourth-order valence-corrected chi connectivity index (χ4v) is 4.57. The summed E-state index contributed by atoms with van der Waals surface area (Å²) in [7, 11) is 0. The molecule has 0 amide bonds. The van der Waals surface area contributed by atoms with E-state index in [-0.39, 0.29) is 5.69 Å². The standard InChI is InChI=1S/C24H15NO6/c26-23-21-18-13-24(14-6-2-1-3-7-14,30-20-11-10-15(25(27)28)12-17(18)20)31-22(21)16-8-4-5-9-19(16)29-23/h1-12,18H,13H2/t18-,24-/m0/s1. The van der Waals surface area contributed by atoms with E-state index in [0.29, 0.717) is 40.0 Å². The van der Waals surface area contributed by atoms with Gasteiger partial charge in [0.15, 0.2) is 0 Å². The average Bonchev–Trinajstić information content (AvgIpc) is 2.79. The number of non-ortho nitro benzene ring substituents is 1. The summed E-state index contributed by atoms with van der Waals surface area (Å²) >= 11 is 0. The van der Waals surface area contributed by atoms with Crippen LogP contribution in [0.1, 0.15) is 29.0 Å². The Hall–Kier alpha value is -4.13. The average molecular weight is 413 g/mol. The van der Waals surface area contributed by atoms with Crippen molar-refractivity contribution in [2.24, 2.45) is 0 Å². The number of hydrogen-bond donors (Lipinski definition) is 0. The Labute approximate surface area is 175 Å². The Kier molecular flexibility index (Phi) is 3.53. The Morgan fingerprint density at radius 1 is 0.968 bits per heavy atom. The van der Waals surface area contributed by atoms with Crippen LogP contribution in [0.5, 0.6) is 11.5 Å². The summed E-state index contributed by atoms with van der Waals surface area (Å²) in [4.78, 5) is 24.0. The molecule has 0 unspecified atom stereocenters. The van der Waals surface area contributed by atoms with Crippen LogP contribution < -0.4 is 15.1 Å². The van der Waals surface area contributed by atoms with Crippen molar-refractivity contribution in [1.82, 2.24) is 0 Å². The molecule has 152 valence electrons. The Morgan fingerprint density at radius 2 is 1.74 bits per heavy atom. The summed E-state index contributed by atoms with van der Waals surface area (Å²) in [5, 5.41) is 12.0. The van der Waals surface area contributed by atoms with Crippen LogP contribution in [-0.2, 0) is 5.79 Å². The maximum Gasteiger partial charge on any atom is 0.343 e. The number of para-hydroxylation sites is 1. The van der Waals surface area contributed by atoms with Gasteiger partial charge in [0.05, 0.1) is 15.9 Å². The zero-order valence-corrected chi connectivity index (χ0v) is 16.1. The van der Waals surface area contributed by atoms with E-state index >= 15 is 0 Å². The van der Waals surface area contributed by atoms with Gasteiger partial charge in [0.1, 0.15) is 17.1 Å². The van der Waals surface area contributed by atoms with Gasteiger partial charge in [-0.05, 0) is 18.2 Å². The van der Waals surface area contributed by atoms with Crippen molar-refractivity contribution in [2.75, 3.05) is 0 Å². The van der Waals surface area contributed by atoms with Gasteiger partial charge in [-0.25, -0.2) is 4.79 Å². The third-order valence-corrected chi connectivity index (χ3v) is 5.96. The molecule has 7 nitrogen and oxygen atoms in total. The summed E-state index contributed by atoms with van der Waals surface area (Å²) in [5.41, 5.74) is 1.57. The summed E-state index contributed by atoms with van der Waals surface area (Å²) in [5.74, 6) is -0.806. The topological polar surface area (TPSA) is 91.8 Å². The van der Waals surface area contributed by atoms with E-state index in [0.717, 1.165) is 5.56 Å². The highest BCUT2D eigenvalue weighted by Gasteiger charge is 2.51. The number of fused-ring (bicyclic) bond motifs is 8. The van der Waals surface area contributed by atoms with Crippen molar-refractivity contribution in [1.29, 1.82) is 0 Å². The van der Waals surface area contributed by atoms with Gasteiger partial charge in [-0.1, -0.05) is 42.5 Å². The molecule has 4 aromatic rings. The van der Waals surface area contributed by atoms with Gasteiger partial charge in [0, 0.05) is 35.6 Å². The smallest absolute Gasteiger partial charge is 0.343 e. The molecular formula is C24H15NO6. The Morgan fingerprint density at radius 3 is 2.55 bits per heavy atom. The predicted molar refractivity (Wildman–Crippen MR) is 111 cm³/mol. The molecule has 0 N–H and O–H groups in total. The number of nitro groups is 1. The molecule has 0 saturated carbocycles. The van der Waals surface area contributed by atoms with Gasteiger partial charge in [-0.2, -0.15) is 0 Å². The van der Waals surface area contributed by atoms with Gasteiger partial charge >= 0.3 is 5.63 Å². The monoisotopic (exact) mass is 413 g/mol. The molecule has 3 aromatic carbocycles. The van der Waals surface area contributed by atoms with E-state index in [2.05, 4.69) is 0 Å². The normalized spacial score (nSPS) is 20.8. The lowest BCUT2D eigenvalue weighted by Crippen LogP contribution is -2.48. The summed E-state index contributed by atoms with van der Waals surface area (Å²) in [6.45, 7) is 0. The molecule has 0 fully saturated rings. The number of nitro benzene ring substituents is 1. The fraction of sp³-hybridized carbons (Fsp3) is 0.125. The first kappa shape index (κ1) is 17.7. The number of benzene rings is 3. The van der Waals surface area contributed by atoms with Crippen LogP contribution >= 0.6 is 0 Å². The summed E-state index contributed by atoms with van der Waals surface area (Å²) in [6.07, 6.45) is 0.293. The predicted octanol–water partition coefficient (Wildman–Crippen LogP) is 4.86. The molecule has 0 radical (unpaired) electrons. The van der Waals surface area contributed by atoms with E-state index < -0.39 is 22.3 Å². The second-order valence-corrected chi connectivity index (χ2v) is 7.69. The minimum atomic E-state index is -1.17. The first-order chi connectivity index (χ1) is 15.1. The number of ether oxygens (including phenoxy) is 2. The van der Waals surface area contributed by atoms with E-state index in [1.54, 1.807) is 18.2 Å². The SMILES string of the molecule is O=c1oc2ccccc2c2c1[C@H]1C[C@](c3ccccc3)(Oc3ccc([N+](=O)[O-])cc31)O2. The zero-order chi connectivity index (χ0) is 21.2. The van der Waals surface area contributed by atoms with Gasteiger partial charge < -0.3 is 13.9 Å². The van der Waals surface area contributed by atoms with Gasteiger partial charge in [-0.3, -0.25) is 10.1 Å². The van der Waals surface area contributed by atoms with Crippen molar-refractivity contribution in [2.45, 2.75) is 18.1 Å². The maximum atomic E-state index is 13.0. The molecule has 2 atom stereocenters. The van der Waals surface area contributed by atoms with E-state index in [9.17, 15) is 14.9 Å². The molecule has 3 heterocycles. The molecule has 0 aliphatic carbocycles. The summed E-state index contributed by atoms with van der Waals surface area (Å²) in [6, 6.07) is 21.1. The molecule has 6 rings (SSSR count). The van der Waals surface area contributed by atoms with Crippen molar-refractivity contribution >= 4 is 16.7 Å². The van der Waals surface area contributed by atoms with Crippen LogP contribution in [0.2, 0.25) is 0 Å². The zero-order valence-electron chi connectivity index (χ0n) is 16.1. The minimum Gasteiger partial charge on any atom is -0.448 e. The Bertz CT molecular complexity index is 1430.